The van der Waals surface area contributed by atoms with Gasteiger partial charge < -0.3 is 4.90 Å². The lowest BCUT2D eigenvalue weighted by molar-refractivity contribution is -0.134. The molecule has 1 saturated carbocycles. The van der Waals surface area contributed by atoms with Gasteiger partial charge in [0.1, 0.15) is 5.54 Å². The summed E-state index contributed by atoms with van der Waals surface area (Å²) in [6, 6.07) is 0.514. The molecule has 0 aromatic rings. The molecule has 2 fully saturated rings. The molecule has 2 aliphatic rings. The molecule has 0 N–H and O–H groups in total. The number of thiocarbonyl (C=S) groups is 1. The van der Waals surface area contributed by atoms with Gasteiger partial charge in [-0.3, -0.25) is 9.69 Å². The average molecular weight is 268 g/mol. The third kappa shape index (κ3) is 1.77. The van der Waals surface area contributed by atoms with Gasteiger partial charge in [0.15, 0.2) is 5.11 Å². The first-order valence-corrected chi connectivity index (χ1v) is 7.53. The van der Waals surface area contributed by atoms with Gasteiger partial charge in [-0.15, -0.1) is 0 Å². The van der Waals surface area contributed by atoms with Gasteiger partial charge in [-0.2, -0.15) is 0 Å². The molecule has 1 spiro atoms. The van der Waals surface area contributed by atoms with E-state index in [0.717, 1.165) is 37.2 Å². The second-order valence-corrected chi connectivity index (χ2v) is 6.28. The number of hydrogen-bond acceptors (Lipinski definition) is 2. The summed E-state index contributed by atoms with van der Waals surface area (Å²) in [6.07, 6.45) is 5.26. The van der Waals surface area contributed by atoms with Gasteiger partial charge in [0, 0.05) is 12.1 Å². The highest BCUT2D eigenvalue weighted by molar-refractivity contribution is 7.80. The Labute approximate surface area is 116 Å². The molecule has 1 atom stereocenters. The quantitative estimate of drug-likeness (QED) is 0.735. The average Bonchev–Trinajstić information content (AvgIpc) is 2.85. The van der Waals surface area contributed by atoms with E-state index in [-0.39, 0.29) is 17.5 Å². The van der Waals surface area contributed by atoms with Crippen LogP contribution in [-0.4, -0.2) is 38.4 Å². The molecule has 2 rings (SSSR count). The van der Waals surface area contributed by atoms with Gasteiger partial charge in [0.05, 0.1) is 0 Å². The van der Waals surface area contributed by atoms with Gasteiger partial charge >= 0.3 is 0 Å². The predicted molar refractivity (Wildman–Crippen MR) is 77.4 cm³/mol. The summed E-state index contributed by atoms with van der Waals surface area (Å²) < 4.78 is 0. The van der Waals surface area contributed by atoms with E-state index in [0.29, 0.717) is 6.04 Å². The van der Waals surface area contributed by atoms with Crippen molar-refractivity contribution < 1.29 is 4.79 Å². The van der Waals surface area contributed by atoms with E-state index in [1.54, 1.807) is 0 Å². The summed E-state index contributed by atoms with van der Waals surface area (Å²) in [7, 11) is 0. The second-order valence-electron chi connectivity index (χ2n) is 5.92. The molecule has 0 radical (unpaired) electrons. The van der Waals surface area contributed by atoms with Crippen LogP contribution in [0.15, 0.2) is 0 Å². The van der Waals surface area contributed by atoms with E-state index >= 15 is 0 Å². The maximum atomic E-state index is 12.8. The van der Waals surface area contributed by atoms with Crippen molar-refractivity contribution in [2.24, 2.45) is 0 Å². The Bertz CT molecular complexity index is 361. The van der Waals surface area contributed by atoms with Crippen molar-refractivity contribution in [2.75, 3.05) is 0 Å². The van der Waals surface area contributed by atoms with E-state index in [9.17, 15) is 4.79 Å². The minimum Gasteiger partial charge on any atom is -0.331 e. The molecule has 0 aromatic carbocycles. The zero-order valence-electron chi connectivity index (χ0n) is 11.9. The van der Waals surface area contributed by atoms with E-state index in [4.69, 9.17) is 12.2 Å². The lowest BCUT2D eigenvalue weighted by atomic mass is 9.93. The lowest BCUT2D eigenvalue weighted by Crippen LogP contribution is -2.51. The first kappa shape index (κ1) is 13.8. The second kappa shape index (κ2) is 4.80. The smallest absolute Gasteiger partial charge is 0.254 e. The molecule has 1 aliphatic carbocycles. The van der Waals surface area contributed by atoms with E-state index in [2.05, 4.69) is 18.7 Å². The molecule has 1 amide bonds. The molecule has 102 valence electrons. The lowest BCUT2D eigenvalue weighted by Gasteiger charge is -2.37. The van der Waals surface area contributed by atoms with Crippen LogP contribution in [0.2, 0.25) is 0 Å². The molecule has 1 aliphatic heterocycles. The maximum Gasteiger partial charge on any atom is 0.254 e. The normalized spacial score (nSPS) is 24.7. The number of carbonyl (C=O) groups excluding carboxylic acids is 1. The zero-order chi connectivity index (χ0) is 13.5. The van der Waals surface area contributed by atoms with E-state index in [1.165, 1.54) is 0 Å². The number of carbonyl (C=O) groups is 1. The molecule has 1 saturated heterocycles. The Morgan fingerprint density at radius 1 is 1.28 bits per heavy atom. The fourth-order valence-electron chi connectivity index (χ4n) is 3.38. The summed E-state index contributed by atoms with van der Waals surface area (Å²) in [4.78, 5) is 16.9. The van der Waals surface area contributed by atoms with Crippen LogP contribution in [0.25, 0.3) is 0 Å². The van der Waals surface area contributed by atoms with Crippen LogP contribution in [-0.2, 0) is 4.79 Å². The Balaban J connectivity index is 2.42. The molecule has 3 nitrogen and oxygen atoms in total. The van der Waals surface area contributed by atoms with Crippen LogP contribution in [0.3, 0.4) is 0 Å². The van der Waals surface area contributed by atoms with Crippen molar-refractivity contribution in [3.05, 3.63) is 0 Å². The molecular formula is C14H24N2OS. The summed E-state index contributed by atoms with van der Waals surface area (Å²) >= 11 is 5.60. The van der Waals surface area contributed by atoms with Crippen LogP contribution < -0.4 is 0 Å². The predicted octanol–water partition coefficient (Wildman–Crippen LogP) is 2.94. The van der Waals surface area contributed by atoms with Crippen molar-refractivity contribution >= 4 is 23.2 Å². The Kier molecular flexibility index (Phi) is 3.67. The number of rotatable bonds is 3. The van der Waals surface area contributed by atoms with Crippen molar-refractivity contribution in [1.29, 1.82) is 0 Å². The van der Waals surface area contributed by atoms with Gasteiger partial charge in [-0.05, 0) is 52.3 Å². The minimum atomic E-state index is -0.309. The summed E-state index contributed by atoms with van der Waals surface area (Å²) in [6.45, 7) is 8.45. The molecule has 18 heavy (non-hydrogen) atoms. The Morgan fingerprint density at radius 3 is 2.28 bits per heavy atom. The summed E-state index contributed by atoms with van der Waals surface area (Å²) in [5.41, 5.74) is -0.309. The van der Waals surface area contributed by atoms with Crippen molar-refractivity contribution in [1.82, 2.24) is 9.80 Å². The molecular weight excluding hydrogens is 244 g/mol. The van der Waals surface area contributed by atoms with E-state index in [1.807, 2.05) is 18.7 Å². The van der Waals surface area contributed by atoms with Crippen molar-refractivity contribution in [3.63, 3.8) is 0 Å². The SMILES string of the molecule is CCC(C)N1C(=S)N(C(C)C)C(=O)C12CCCC2. The molecule has 0 aromatic heterocycles. The highest BCUT2D eigenvalue weighted by Gasteiger charge is 2.57. The Morgan fingerprint density at radius 2 is 1.83 bits per heavy atom. The fraction of sp³-hybridized carbons (Fsp3) is 0.857. The van der Waals surface area contributed by atoms with Crippen LogP contribution >= 0.6 is 12.2 Å². The standard InChI is InChI=1S/C14H24N2OS/c1-5-11(4)16-13(18)15(10(2)3)12(17)14(16)8-6-7-9-14/h10-11H,5-9H2,1-4H3. The van der Waals surface area contributed by atoms with Gasteiger partial charge in [-0.25, -0.2) is 0 Å². The number of amides is 1. The van der Waals surface area contributed by atoms with Crippen molar-refractivity contribution in [2.45, 2.75) is 77.4 Å². The Hall–Kier alpha value is -0.640. The minimum absolute atomic E-state index is 0.163. The highest BCUT2D eigenvalue weighted by atomic mass is 32.1. The van der Waals surface area contributed by atoms with Gasteiger partial charge in [0.2, 0.25) is 0 Å². The molecule has 4 heteroatoms. The number of nitrogens with zero attached hydrogens (tertiary/aromatic N) is 2. The fourth-order valence-corrected chi connectivity index (χ4v) is 4.02. The maximum absolute atomic E-state index is 12.8. The van der Waals surface area contributed by atoms with Crippen LogP contribution in [0.5, 0.6) is 0 Å². The van der Waals surface area contributed by atoms with E-state index < -0.39 is 0 Å². The number of hydrogen-bond donors (Lipinski definition) is 0. The molecule has 0 bridgehead atoms. The molecule has 1 heterocycles. The van der Waals surface area contributed by atoms with Gasteiger partial charge in [0.25, 0.3) is 5.91 Å². The summed E-state index contributed by atoms with van der Waals surface area (Å²) in [5.74, 6) is 0.250. The van der Waals surface area contributed by atoms with Gasteiger partial charge in [-0.1, -0.05) is 19.8 Å². The van der Waals surface area contributed by atoms with Crippen molar-refractivity contribution in [3.8, 4) is 0 Å². The third-order valence-corrected chi connectivity index (χ3v) is 4.86. The van der Waals surface area contributed by atoms with Crippen LogP contribution in [0.4, 0.5) is 0 Å². The van der Waals surface area contributed by atoms with Crippen LogP contribution in [0, 0.1) is 0 Å². The monoisotopic (exact) mass is 268 g/mol. The largest absolute Gasteiger partial charge is 0.331 e. The first-order valence-electron chi connectivity index (χ1n) is 7.12. The third-order valence-electron chi connectivity index (χ3n) is 4.47. The first-order chi connectivity index (χ1) is 8.45. The molecule has 1 unspecified atom stereocenters. The highest BCUT2D eigenvalue weighted by Crippen LogP contribution is 2.44. The topological polar surface area (TPSA) is 23.6 Å². The zero-order valence-corrected chi connectivity index (χ0v) is 12.7. The summed E-state index contributed by atoms with van der Waals surface area (Å²) in [5, 5.41) is 0.756. The van der Waals surface area contributed by atoms with Crippen LogP contribution in [0.1, 0.15) is 59.8 Å².